The number of hydrogen-bond donors (Lipinski definition) is 0. The molecule has 2 aromatic rings. The molecule has 0 aliphatic carbocycles. The topological polar surface area (TPSA) is 52.8 Å². The van der Waals surface area contributed by atoms with Gasteiger partial charge in [-0.2, -0.15) is 4.68 Å². The van der Waals surface area contributed by atoms with Crippen molar-refractivity contribution in [2.24, 2.45) is 0 Å². The second kappa shape index (κ2) is 4.49. The van der Waals surface area contributed by atoms with Crippen molar-refractivity contribution in [2.45, 2.75) is 20.0 Å². The molecule has 1 aromatic carbocycles. The first-order valence-electron chi connectivity index (χ1n) is 4.88. The van der Waals surface area contributed by atoms with Crippen molar-refractivity contribution in [3.8, 4) is 11.7 Å². The SMILES string of the molecule is CC(C)Oc1nnnn1-c1ccc(Cl)cc1. The number of aromatic nitrogens is 4. The summed E-state index contributed by atoms with van der Waals surface area (Å²) in [6.45, 7) is 3.84. The molecule has 2 rings (SSSR count). The summed E-state index contributed by atoms with van der Waals surface area (Å²) in [4.78, 5) is 0. The molecule has 0 aliphatic rings. The van der Waals surface area contributed by atoms with Gasteiger partial charge in [-0.15, -0.1) is 0 Å². The normalized spacial score (nSPS) is 10.8. The number of hydrogen-bond acceptors (Lipinski definition) is 4. The van der Waals surface area contributed by atoms with Gasteiger partial charge in [0.2, 0.25) is 0 Å². The van der Waals surface area contributed by atoms with Crippen LogP contribution in [0.1, 0.15) is 13.8 Å². The van der Waals surface area contributed by atoms with E-state index in [1.165, 1.54) is 4.68 Å². The molecule has 6 heteroatoms. The molecule has 0 amide bonds. The van der Waals surface area contributed by atoms with E-state index in [2.05, 4.69) is 15.5 Å². The molecular weight excluding hydrogens is 228 g/mol. The van der Waals surface area contributed by atoms with Crippen molar-refractivity contribution >= 4 is 11.6 Å². The van der Waals surface area contributed by atoms with Crippen LogP contribution in [0.2, 0.25) is 5.02 Å². The minimum absolute atomic E-state index is 0.0250. The molecule has 0 atom stereocenters. The number of rotatable bonds is 3. The standard InChI is InChI=1S/C10H11ClN4O/c1-7(2)16-10-12-13-14-15(10)9-5-3-8(11)4-6-9/h3-7H,1-2H3. The molecule has 0 N–H and O–H groups in total. The van der Waals surface area contributed by atoms with Crippen molar-refractivity contribution in [1.29, 1.82) is 0 Å². The lowest BCUT2D eigenvalue weighted by atomic mass is 10.3. The van der Waals surface area contributed by atoms with Crippen LogP contribution in [-0.4, -0.2) is 26.3 Å². The van der Waals surface area contributed by atoms with E-state index in [1.54, 1.807) is 12.1 Å². The van der Waals surface area contributed by atoms with Gasteiger partial charge in [0.1, 0.15) is 0 Å². The molecule has 0 spiro atoms. The van der Waals surface area contributed by atoms with Crippen LogP contribution in [0, 0.1) is 0 Å². The van der Waals surface area contributed by atoms with Crippen LogP contribution >= 0.6 is 11.6 Å². The Labute approximate surface area is 98.0 Å². The molecule has 0 radical (unpaired) electrons. The number of halogens is 1. The van der Waals surface area contributed by atoms with E-state index < -0.39 is 0 Å². The maximum atomic E-state index is 5.81. The first kappa shape index (κ1) is 10.9. The minimum Gasteiger partial charge on any atom is -0.460 e. The highest BCUT2D eigenvalue weighted by Crippen LogP contribution is 2.16. The summed E-state index contributed by atoms with van der Waals surface area (Å²) in [7, 11) is 0. The van der Waals surface area contributed by atoms with Crippen LogP contribution < -0.4 is 4.74 Å². The van der Waals surface area contributed by atoms with Gasteiger partial charge in [0.25, 0.3) is 0 Å². The van der Waals surface area contributed by atoms with Crippen molar-refractivity contribution in [2.75, 3.05) is 0 Å². The largest absolute Gasteiger partial charge is 0.460 e. The van der Waals surface area contributed by atoms with Crippen LogP contribution in [0.4, 0.5) is 0 Å². The van der Waals surface area contributed by atoms with Crippen molar-refractivity contribution < 1.29 is 4.74 Å². The van der Waals surface area contributed by atoms with Crippen molar-refractivity contribution in [3.05, 3.63) is 29.3 Å². The molecule has 5 nitrogen and oxygen atoms in total. The summed E-state index contributed by atoms with van der Waals surface area (Å²) < 4.78 is 6.99. The van der Waals surface area contributed by atoms with E-state index in [4.69, 9.17) is 16.3 Å². The molecule has 84 valence electrons. The van der Waals surface area contributed by atoms with E-state index in [1.807, 2.05) is 26.0 Å². The zero-order chi connectivity index (χ0) is 11.5. The predicted octanol–water partition coefficient (Wildman–Crippen LogP) is 2.10. The van der Waals surface area contributed by atoms with Crippen molar-refractivity contribution in [1.82, 2.24) is 20.2 Å². The summed E-state index contributed by atoms with van der Waals surface area (Å²) in [5.41, 5.74) is 0.810. The molecule has 0 fully saturated rings. The fourth-order valence-corrected chi connectivity index (χ4v) is 1.33. The van der Waals surface area contributed by atoms with Crippen LogP contribution in [-0.2, 0) is 0 Å². The van der Waals surface area contributed by atoms with Gasteiger partial charge in [0.15, 0.2) is 0 Å². The Hall–Kier alpha value is -1.62. The van der Waals surface area contributed by atoms with Gasteiger partial charge in [-0.25, -0.2) is 0 Å². The highest BCUT2D eigenvalue weighted by molar-refractivity contribution is 6.30. The summed E-state index contributed by atoms with van der Waals surface area (Å²) in [6, 6.07) is 7.57. The third-order valence-corrected chi connectivity index (χ3v) is 2.11. The molecule has 0 saturated heterocycles. The van der Waals surface area contributed by atoms with Gasteiger partial charge in [0.05, 0.1) is 11.8 Å². The fourth-order valence-electron chi connectivity index (χ4n) is 1.21. The van der Waals surface area contributed by atoms with Gasteiger partial charge in [0, 0.05) is 5.02 Å². The molecule has 0 saturated carbocycles. The molecule has 0 bridgehead atoms. The lowest BCUT2D eigenvalue weighted by molar-refractivity contribution is 0.216. The molecule has 0 aliphatic heterocycles. The number of ether oxygens (including phenoxy) is 1. The van der Waals surface area contributed by atoms with Crippen LogP contribution in [0.25, 0.3) is 5.69 Å². The zero-order valence-electron chi connectivity index (χ0n) is 8.96. The minimum atomic E-state index is 0.0250. The first-order valence-corrected chi connectivity index (χ1v) is 5.25. The van der Waals surface area contributed by atoms with E-state index in [0.717, 1.165) is 5.69 Å². The Balaban J connectivity index is 2.33. The maximum absolute atomic E-state index is 5.81. The molecule has 1 heterocycles. The summed E-state index contributed by atoms with van der Waals surface area (Å²) >= 11 is 5.81. The number of nitrogens with zero attached hydrogens (tertiary/aromatic N) is 4. The van der Waals surface area contributed by atoms with Crippen LogP contribution in [0.15, 0.2) is 24.3 Å². The Kier molecular flexibility index (Phi) is 3.05. The highest BCUT2D eigenvalue weighted by atomic mass is 35.5. The fraction of sp³-hybridized carbons (Fsp3) is 0.300. The third kappa shape index (κ3) is 2.30. The van der Waals surface area contributed by atoms with Gasteiger partial charge < -0.3 is 4.74 Å². The van der Waals surface area contributed by atoms with Gasteiger partial charge in [-0.1, -0.05) is 16.7 Å². The monoisotopic (exact) mass is 238 g/mol. The Morgan fingerprint density at radius 3 is 2.56 bits per heavy atom. The van der Waals surface area contributed by atoms with E-state index in [0.29, 0.717) is 11.0 Å². The zero-order valence-corrected chi connectivity index (χ0v) is 9.72. The Morgan fingerprint density at radius 2 is 1.94 bits per heavy atom. The quantitative estimate of drug-likeness (QED) is 0.822. The van der Waals surface area contributed by atoms with E-state index in [9.17, 15) is 0 Å². The predicted molar refractivity (Wildman–Crippen MR) is 59.9 cm³/mol. The first-order chi connectivity index (χ1) is 7.66. The Bertz CT molecular complexity index is 466. The average Bonchev–Trinajstić information content (AvgIpc) is 2.66. The van der Waals surface area contributed by atoms with Gasteiger partial charge >= 0.3 is 6.01 Å². The summed E-state index contributed by atoms with van der Waals surface area (Å²) in [6.07, 6.45) is 0.0250. The second-order valence-electron chi connectivity index (χ2n) is 3.52. The summed E-state index contributed by atoms with van der Waals surface area (Å²) in [5.74, 6) is 0. The van der Waals surface area contributed by atoms with E-state index in [-0.39, 0.29) is 6.10 Å². The molecule has 1 aromatic heterocycles. The Morgan fingerprint density at radius 1 is 1.25 bits per heavy atom. The number of benzene rings is 1. The van der Waals surface area contributed by atoms with Crippen molar-refractivity contribution in [3.63, 3.8) is 0 Å². The van der Waals surface area contributed by atoms with Crippen LogP contribution in [0.5, 0.6) is 6.01 Å². The lowest BCUT2D eigenvalue weighted by Gasteiger charge is -2.08. The smallest absolute Gasteiger partial charge is 0.340 e. The molecular formula is C10H11ClN4O. The van der Waals surface area contributed by atoms with Gasteiger partial charge in [-0.05, 0) is 48.5 Å². The summed E-state index contributed by atoms with van der Waals surface area (Å²) in [5, 5.41) is 11.9. The maximum Gasteiger partial charge on any atom is 0.340 e. The average molecular weight is 239 g/mol. The number of tetrazole rings is 1. The van der Waals surface area contributed by atoms with Crippen LogP contribution in [0.3, 0.4) is 0 Å². The molecule has 16 heavy (non-hydrogen) atoms. The van der Waals surface area contributed by atoms with E-state index >= 15 is 0 Å². The second-order valence-corrected chi connectivity index (χ2v) is 3.95. The van der Waals surface area contributed by atoms with Gasteiger partial charge in [-0.3, -0.25) is 0 Å². The highest BCUT2D eigenvalue weighted by Gasteiger charge is 2.10. The lowest BCUT2D eigenvalue weighted by Crippen LogP contribution is -2.10. The third-order valence-electron chi connectivity index (χ3n) is 1.85. The molecule has 0 unspecified atom stereocenters.